The Morgan fingerprint density at radius 2 is 1.90 bits per heavy atom. The van der Waals surface area contributed by atoms with Crippen molar-refractivity contribution in [2.24, 2.45) is 5.92 Å². The highest BCUT2D eigenvalue weighted by molar-refractivity contribution is 6.20. The van der Waals surface area contributed by atoms with Gasteiger partial charge in [-0.15, -0.1) is 11.6 Å². The van der Waals surface area contributed by atoms with Crippen molar-refractivity contribution < 1.29 is 9.59 Å². The maximum Gasteiger partial charge on any atom is 0.250 e. The molecule has 0 aromatic rings. The maximum atomic E-state index is 13.8. The lowest BCUT2D eigenvalue weighted by molar-refractivity contribution is -0.167. The van der Waals surface area contributed by atoms with E-state index in [4.69, 9.17) is 11.6 Å². The first-order chi connectivity index (χ1) is 14.3. The summed E-state index contributed by atoms with van der Waals surface area (Å²) in [6, 6.07) is 1.07. The number of rotatable bonds is 4. The predicted molar refractivity (Wildman–Crippen MR) is 120 cm³/mol. The monoisotopic (exact) mass is 438 g/mol. The molecule has 0 aromatic heterocycles. The quantitative estimate of drug-likeness (QED) is 0.685. The van der Waals surface area contributed by atoms with E-state index in [2.05, 4.69) is 17.1 Å². The summed E-state index contributed by atoms with van der Waals surface area (Å²) in [6.07, 6.45) is 7.17. The molecule has 0 bridgehead atoms. The van der Waals surface area contributed by atoms with Gasteiger partial charge >= 0.3 is 0 Å². The van der Waals surface area contributed by atoms with Gasteiger partial charge in [0.15, 0.2) is 0 Å². The van der Waals surface area contributed by atoms with Crippen LogP contribution in [0.25, 0.3) is 0 Å². The highest BCUT2D eigenvalue weighted by atomic mass is 35.5. The minimum atomic E-state index is -0.675. The number of carbonyl (C=O) groups excluding carboxylic acids is 2. The standard InChI is InChI=1S/C23H39ClN4O2/c1-16(2)27-14-21(29)28(13-18-4-6-19(24)7-5-18)23(22(27)30)9-11-26(15-23)20-8-10-25-17(3)12-20/h16-20,25H,4-15H2,1-3H3. The molecule has 7 heteroatoms. The molecule has 3 heterocycles. The summed E-state index contributed by atoms with van der Waals surface area (Å²) >= 11 is 6.31. The summed E-state index contributed by atoms with van der Waals surface area (Å²) in [4.78, 5) is 33.5. The van der Waals surface area contributed by atoms with E-state index >= 15 is 0 Å². The first kappa shape index (κ1) is 22.3. The van der Waals surface area contributed by atoms with E-state index in [1.807, 2.05) is 23.6 Å². The van der Waals surface area contributed by atoms with Crippen molar-refractivity contribution in [1.82, 2.24) is 20.0 Å². The molecule has 30 heavy (non-hydrogen) atoms. The van der Waals surface area contributed by atoms with Gasteiger partial charge in [-0.3, -0.25) is 14.5 Å². The largest absolute Gasteiger partial charge is 0.329 e. The predicted octanol–water partition coefficient (Wildman–Crippen LogP) is 2.45. The Morgan fingerprint density at radius 3 is 2.57 bits per heavy atom. The van der Waals surface area contributed by atoms with Gasteiger partial charge in [-0.25, -0.2) is 0 Å². The molecule has 0 aromatic carbocycles. The highest BCUT2D eigenvalue weighted by Gasteiger charge is 2.57. The highest BCUT2D eigenvalue weighted by Crippen LogP contribution is 2.39. The summed E-state index contributed by atoms with van der Waals surface area (Å²) in [7, 11) is 0. The Morgan fingerprint density at radius 1 is 1.17 bits per heavy atom. The molecule has 0 radical (unpaired) electrons. The van der Waals surface area contributed by atoms with Crippen molar-refractivity contribution in [3.8, 4) is 0 Å². The van der Waals surface area contributed by atoms with Crippen LogP contribution in [0.4, 0.5) is 0 Å². The first-order valence-electron chi connectivity index (χ1n) is 12.0. The molecular formula is C23H39ClN4O2. The molecule has 2 amide bonds. The summed E-state index contributed by atoms with van der Waals surface area (Å²) < 4.78 is 0. The van der Waals surface area contributed by atoms with Crippen molar-refractivity contribution >= 4 is 23.4 Å². The molecule has 1 N–H and O–H groups in total. The Labute approximate surface area is 186 Å². The van der Waals surface area contributed by atoms with Crippen LogP contribution in [0.15, 0.2) is 0 Å². The van der Waals surface area contributed by atoms with Gasteiger partial charge in [-0.2, -0.15) is 0 Å². The number of nitrogens with one attached hydrogen (secondary N) is 1. The molecular weight excluding hydrogens is 400 g/mol. The topological polar surface area (TPSA) is 55.9 Å². The first-order valence-corrected chi connectivity index (χ1v) is 12.5. The van der Waals surface area contributed by atoms with Crippen LogP contribution >= 0.6 is 11.6 Å². The Kier molecular flexibility index (Phi) is 6.67. The minimum Gasteiger partial charge on any atom is -0.329 e. The third-order valence-electron chi connectivity index (χ3n) is 8.01. The molecule has 4 rings (SSSR count). The van der Waals surface area contributed by atoms with Gasteiger partial charge < -0.3 is 15.1 Å². The molecule has 3 saturated heterocycles. The lowest BCUT2D eigenvalue weighted by Crippen LogP contribution is -2.71. The van der Waals surface area contributed by atoms with Crippen molar-refractivity contribution in [3.63, 3.8) is 0 Å². The van der Waals surface area contributed by atoms with Crippen molar-refractivity contribution in [2.75, 3.05) is 32.7 Å². The smallest absolute Gasteiger partial charge is 0.250 e. The van der Waals surface area contributed by atoms with Crippen LogP contribution in [0.2, 0.25) is 0 Å². The number of piperidine rings is 1. The van der Waals surface area contributed by atoms with E-state index < -0.39 is 5.54 Å². The zero-order chi connectivity index (χ0) is 21.5. The second-order valence-electron chi connectivity index (χ2n) is 10.4. The van der Waals surface area contributed by atoms with Crippen molar-refractivity contribution in [1.29, 1.82) is 0 Å². The molecule has 1 saturated carbocycles. The lowest BCUT2D eigenvalue weighted by Gasteiger charge is -2.50. The average molecular weight is 439 g/mol. The van der Waals surface area contributed by atoms with E-state index in [-0.39, 0.29) is 29.8 Å². The second-order valence-corrected chi connectivity index (χ2v) is 11.1. The molecule has 170 valence electrons. The van der Waals surface area contributed by atoms with E-state index in [0.717, 1.165) is 64.6 Å². The molecule has 4 aliphatic rings. The van der Waals surface area contributed by atoms with Crippen LogP contribution in [0.5, 0.6) is 0 Å². The number of hydrogen-bond donors (Lipinski definition) is 1. The molecule has 1 aliphatic carbocycles. The van der Waals surface area contributed by atoms with Crippen LogP contribution in [-0.2, 0) is 9.59 Å². The number of halogens is 1. The molecule has 3 unspecified atom stereocenters. The van der Waals surface area contributed by atoms with E-state index in [1.54, 1.807) is 0 Å². The van der Waals surface area contributed by atoms with Crippen molar-refractivity contribution in [3.05, 3.63) is 0 Å². The third-order valence-corrected chi connectivity index (χ3v) is 8.45. The number of hydrogen-bond acceptors (Lipinski definition) is 4. The lowest BCUT2D eigenvalue weighted by atomic mass is 9.84. The third kappa shape index (κ3) is 4.24. The van der Waals surface area contributed by atoms with Crippen LogP contribution in [0.3, 0.4) is 0 Å². The number of amides is 2. The maximum absolute atomic E-state index is 13.8. The Balaban J connectivity index is 1.56. The number of piperazine rings is 1. The van der Waals surface area contributed by atoms with Gasteiger partial charge in [0.05, 0.1) is 0 Å². The van der Waals surface area contributed by atoms with Gasteiger partial charge in [0.1, 0.15) is 12.1 Å². The van der Waals surface area contributed by atoms with E-state index in [1.165, 1.54) is 0 Å². The van der Waals surface area contributed by atoms with Gasteiger partial charge in [0, 0.05) is 43.1 Å². The van der Waals surface area contributed by atoms with Gasteiger partial charge in [-0.1, -0.05) is 0 Å². The van der Waals surface area contributed by atoms with E-state index in [0.29, 0.717) is 24.5 Å². The summed E-state index contributed by atoms with van der Waals surface area (Å²) in [5.41, 5.74) is -0.675. The molecule has 1 spiro atoms. The fourth-order valence-electron chi connectivity index (χ4n) is 6.15. The zero-order valence-corrected chi connectivity index (χ0v) is 19.7. The SMILES string of the molecule is CC1CC(N2CCC3(C2)C(=O)N(C(C)C)CC(=O)N3CC2CCC(Cl)CC2)CCN1. The summed E-state index contributed by atoms with van der Waals surface area (Å²) in [6.45, 7) is 9.88. The average Bonchev–Trinajstić information content (AvgIpc) is 3.16. The Bertz CT molecular complexity index is 651. The van der Waals surface area contributed by atoms with Gasteiger partial charge in [-0.05, 0) is 78.2 Å². The van der Waals surface area contributed by atoms with Gasteiger partial charge in [0.2, 0.25) is 5.91 Å². The fraction of sp³-hybridized carbons (Fsp3) is 0.913. The Hall–Kier alpha value is -0.850. The van der Waals surface area contributed by atoms with Crippen LogP contribution < -0.4 is 5.32 Å². The zero-order valence-electron chi connectivity index (χ0n) is 18.9. The van der Waals surface area contributed by atoms with E-state index in [9.17, 15) is 9.59 Å². The van der Waals surface area contributed by atoms with Crippen LogP contribution in [0, 0.1) is 5.92 Å². The number of alkyl halides is 1. The van der Waals surface area contributed by atoms with Crippen LogP contribution in [0.1, 0.15) is 65.7 Å². The molecule has 4 fully saturated rings. The van der Waals surface area contributed by atoms with Crippen molar-refractivity contribution in [2.45, 2.75) is 94.8 Å². The van der Waals surface area contributed by atoms with Crippen LogP contribution in [-0.4, -0.2) is 88.3 Å². The normalized spacial score (nSPS) is 38.8. The molecule has 3 aliphatic heterocycles. The second kappa shape index (κ2) is 8.95. The summed E-state index contributed by atoms with van der Waals surface area (Å²) in [5.74, 6) is 0.775. The summed E-state index contributed by atoms with van der Waals surface area (Å²) in [5, 5.41) is 3.81. The molecule has 6 nitrogen and oxygen atoms in total. The number of carbonyl (C=O) groups is 2. The number of likely N-dealkylation sites (tertiary alicyclic amines) is 1. The van der Waals surface area contributed by atoms with Gasteiger partial charge in [0.25, 0.3) is 5.91 Å². The molecule has 3 atom stereocenters. The number of nitrogens with zero attached hydrogens (tertiary/aromatic N) is 3. The fourth-order valence-corrected chi connectivity index (χ4v) is 6.40. The minimum absolute atomic E-state index is 0.0557.